The molecular formula is C14H16F3N3O2. The highest BCUT2D eigenvalue weighted by molar-refractivity contribution is 5.37. The van der Waals surface area contributed by atoms with Crippen LogP contribution in [0.1, 0.15) is 31.2 Å². The molecular weight excluding hydrogens is 299 g/mol. The molecule has 5 nitrogen and oxygen atoms in total. The third kappa shape index (κ3) is 4.12. The quantitative estimate of drug-likeness (QED) is 0.841. The van der Waals surface area contributed by atoms with E-state index in [2.05, 4.69) is 14.9 Å². The third-order valence-corrected chi connectivity index (χ3v) is 2.88. The lowest BCUT2D eigenvalue weighted by Gasteiger charge is -2.17. The predicted molar refractivity (Wildman–Crippen MR) is 73.6 cm³/mol. The monoisotopic (exact) mass is 315 g/mol. The van der Waals surface area contributed by atoms with Crippen LogP contribution in [0.15, 0.2) is 28.8 Å². The fraction of sp³-hybridized carbons (Fsp3) is 0.429. The van der Waals surface area contributed by atoms with Gasteiger partial charge in [0.15, 0.2) is 5.82 Å². The van der Waals surface area contributed by atoms with E-state index in [0.29, 0.717) is 11.4 Å². The molecule has 1 aromatic carbocycles. The van der Waals surface area contributed by atoms with E-state index in [-0.39, 0.29) is 24.2 Å². The van der Waals surface area contributed by atoms with Crippen molar-refractivity contribution >= 4 is 6.01 Å². The van der Waals surface area contributed by atoms with E-state index in [1.54, 1.807) is 24.1 Å². The van der Waals surface area contributed by atoms with Crippen LogP contribution in [0, 0.1) is 0 Å². The van der Waals surface area contributed by atoms with Crippen molar-refractivity contribution in [1.29, 1.82) is 0 Å². The molecule has 0 atom stereocenters. The lowest BCUT2D eigenvalue weighted by Crippen LogP contribution is -2.21. The van der Waals surface area contributed by atoms with E-state index >= 15 is 0 Å². The number of anilines is 1. The van der Waals surface area contributed by atoms with Gasteiger partial charge in [0.2, 0.25) is 0 Å². The lowest BCUT2D eigenvalue weighted by molar-refractivity contribution is -0.274. The van der Waals surface area contributed by atoms with Crippen molar-refractivity contribution in [2.45, 2.75) is 32.7 Å². The number of para-hydroxylation sites is 1. The van der Waals surface area contributed by atoms with Crippen molar-refractivity contribution in [3.05, 3.63) is 35.7 Å². The van der Waals surface area contributed by atoms with Gasteiger partial charge < -0.3 is 14.2 Å². The van der Waals surface area contributed by atoms with Crippen molar-refractivity contribution in [2.75, 3.05) is 11.9 Å². The molecule has 0 unspecified atom stereocenters. The van der Waals surface area contributed by atoms with Gasteiger partial charge in [0, 0.05) is 18.5 Å². The van der Waals surface area contributed by atoms with E-state index in [4.69, 9.17) is 4.52 Å². The van der Waals surface area contributed by atoms with Gasteiger partial charge in [0.25, 0.3) is 0 Å². The molecule has 0 aliphatic heterocycles. The summed E-state index contributed by atoms with van der Waals surface area (Å²) in [7, 11) is 1.65. The molecule has 0 radical (unpaired) electrons. The number of aromatic nitrogens is 2. The average Bonchev–Trinajstić information content (AvgIpc) is 2.89. The second kappa shape index (κ2) is 6.25. The van der Waals surface area contributed by atoms with Gasteiger partial charge in [0.1, 0.15) is 5.75 Å². The van der Waals surface area contributed by atoms with E-state index < -0.39 is 6.36 Å². The van der Waals surface area contributed by atoms with Gasteiger partial charge in [-0.2, -0.15) is 4.98 Å². The Kier molecular flexibility index (Phi) is 4.58. The summed E-state index contributed by atoms with van der Waals surface area (Å²) in [5.41, 5.74) is 0.367. The highest BCUT2D eigenvalue weighted by Crippen LogP contribution is 2.28. The van der Waals surface area contributed by atoms with Crippen LogP contribution < -0.4 is 9.64 Å². The molecule has 0 aliphatic rings. The number of alkyl halides is 3. The highest BCUT2D eigenvalue weighted by Gasteiger charge is 2.32. The second-order valence-corrected chi connectivity index (χ2v) is 5.10. The Morgan fingerprint density at radius 2 is 1.95 bits per heavy atom. The second-order valence-electron chi connectivity index (χ2n) is 5.10. The zero-order valence-corrected chi connectivity index (χ0v) is 12.4. The summed E-state index contributed by atoms with van der Waals surface area (Å²) in [6.07, 6.45) is -4.73. The van der Waals surface area contributed by atoms with Crippen LogP contribution in [0.5, 0.6) is 5.75 Å². The number of rotatable bonds is 5. The Morgan fingerprint density at radius 3 is 2.55 bits per heavy atom. The minimum atomic E-state index is -4.73. The molecule has 0 spiro atoms. The van der Waals surface area contributed by atoms with E-state index in [0.717, 1.165) is 0 Å². The van der Waals surface area contributed by atoms with Crippen LogP contribution in [-0.4, -0.2) is 23.6 Å². The molecule has 1 heterocycles. The normalized spacial score (nSPS) is 11.8. The largest absolute Gasteiger partial charge is 0.573 e. The molecule has 0 saturated carbocycles. The van der Waals surface area contributed by atoms with Crippen molar-refractivity contribution in [1.82, 2.24) is 10.1 Å². The SMILES string of the molecule is CC(C)c1noc(N(C)Cc2ccccc2OC(F)(F)F)n1. The summed E-state index contributed by atoms with van der Waals surface area (Å²) in [4.78, 5) is 5.76. The Hall–Kier alpha value is -2.25. The third-order valence-electron chi connectivity index (χ3n) is 2.88. The van der Waals surface area contributed by atoms with Crippen molar-refractivity contribution in [2.24, 2.45) is 0 Å². The van der Waals surface area contributed by atoms with Crippen LogP contribution in [0.4, 0.5) is 19.2 Å². The van der Waals surface area contributed by atoms with E-state index in [9.17, 15) is 13.2 Å². The summed E-state index contributed by atoms with van der Waals surface area (Å²) in [5.74, 6) is 0.402. The Morgan fingerprint density at radius 1 is 1.27 bits per heavy atom. The molecule has 0 bridgehead atoms. The molecule has 0 fully saturated rings. The van der Waals surface area contributed by atoms with Crippen LogP contribution >= 0.6 is 0 Å². The molecule has 0 N–H and O–H groups in total. The first kappa shape index (κ1) is 16.1. The Bertz CT molecular complexity index is 626. The molecule has 0 amide bonds. The Labute approximate surface area is 125 Å². The van der Waals surface area contributed by atoms with Gasteiger partial charge >= 0.3 is 12.4 Å². The molecule has 8 heteroatoms. The molecule has 0 aliphatic carbocycles. The zero-order chi connectivity index (χ0) is 16.3. The minimum absolute atomic E-state index is 0.103. The summed E-state index contributed by atoms with van der Waals surface area (Å²) in [6.45, 7) is 3.98. The first-order valence-electron chi connectivity index (χ1n) is 6.64. The maximum atomic E-state index is 12.4. The standard InChI is InChI=1S/C14H16F3N3O2/c1-9(2)12-18-13(22-19-12)20(3)8-10-6-4-5-7-11(10)21-14(15,16)17/h4-7,9H,8H2,1-3H3. The summed E-state index contributed by atoms with van der Waals surface area (Å²) < 4.78 is 46.3. The predicted octanol–water partition coefficient (Wildman–Crippen LogP) is 3.73. The van der Waals surface area contributed by atoms with Crippen LogP contribution in [0.2, 0.25) is 0 Å². The first-order chi connectivity index (χ1) is 10.3. The molecule has 2 aromatic rings. The smallest absolute Gasteiger partial charge is 0.405 e. The van der Waals surface area contributed by atoms with E-state index in [1.807, 2.05) is 13.8 Å². The summed E-state index contributed by atoms with van der Waals surface area (Å²) >= 11 is 0. The van der Waals surface area contributed by atoms with Crippen molar-refractivity contribution in [3.63, 3.8) is 0 Å². The fourth-order valence-corrected chi connectivity index (χ4v) is 1.80. The number of halogens is 3. The van der Waals surface area contributed by atoms with Crippen molar-refractivity contribution < 1.29 is 22.4 Å². The molecule has 1 aromatic heterocycles. The number of hydrogen-bond donors (Lipinski definition) is 0. The number of benzene rings is 1. The Balaban J connectivity index is 2.15. The van der Waals surface area contributed by atoms with Gasteiger partial charge in [-0.15, -0.1) is 13.2 Å². The summed E-state index contributed by atoms with van der Waals surface area (Å²) in [6, 6.07) is 6.18. The van der Waals surface area contributed by atoms with Crippen LogP contribution in [0.3, 0.4) is 0 Å². The number of ether oxygens (including phenoxy) is 1. The molecule has 2 rings (SSSR count). The number of hydrogen-bond acceptors (Lipinski definition) is 5. The highest BCUT2D eigenvalue weighted by atomic mass is 19.4. The van der Waals surface area contributed by atoms with Crippen molar-refractivity contribution in [3.8, 4) is 5.75 Å². The van der Waals surface area contributed by atoms with Gasteiger partial charge in [0.05, 0.1) is 6.54 Å². The topological polar surface area (TPSA) is 51.4 Å². The fourth-order valence-electron chi connectivity index (χ4n) is 1.80. The van der Waals surface area contributed by atoms with Crippen LogP contribution in [0.25, 0.3) is 0 Å². The maximum Gasteiger partial charge on any atom is 0.573 e. The van der Waals surface area contributed by atoms with Crippen LogP contribution in [-0.2, 0) is 6.54 Å². The molecule has 120 valence electrons. The molecule has 0 saturated heterocycles. The van der Waals surface area contributed by atoms with E-state index in [1.165, 1.54) is 12.1 Å². The van der Waals surface area contributed by atoms with Gasteiger partial charge in [-0.05, 0) is 6.07 Å². The molecule has 22 heavy (non-hydrogen) atoms. The maximum absolute atomic E-state index is 12.4. The lowest BCUT2D eigenvalue weighted by atomic mass is 10.2. The number of nitrogens with zero attached hydrogens (tertiary/aromatic N) is 3. The average molecular weight is 315 g/mol. The minimum Gasteiger partial charge on any atom is -0.405 e. The van der Waals surface area contributed by atoms with Gasteiger partial charge in [-0.25, -0.2) is 0 Å². The zero-order valence-electron chi connectivity index (χ0n) is 12.4. The van der Waals surface area contributed by atoms with Gasteiger partial charge in [-0.1, -0.05) is 37.2 Å². The first-order valence-corrected chi connectivity index (χ1v) is 6.64. The summed E-state index contributed by atoms with van der Waals surface area (Å²) in [5, 5.41) is 3.82. The van der Waals surface area contributed by atoms with Gasteiger partial charge in [-0.3, -0.25) is 0 Å².